The van der Waals surface area contributed by atoms with Crippen LogP contribution in [0.5, 0.6) is 0 Å². The minimum atomic E-state index is -0.301. The molecule has 0 aliphatic carbocycles. The predicted octanol–water partition coefficient (Wildman–Crippen LogP) is 1.93. The summed E-state index contributed by atoms with van der Waals surface area (Å²) < 4.78 is 4.99. The first-order chi connectivity index (χ1) is 10.2. The highest BCUT2D eigenvalue weighted by molar-refractivity contribution is 5.89. The number of aromatic nitrogens is 1. The first-order valence-electron chi connectivity index (χ1n) is 7.83. The van der Waals surface area contributed by atoms with E-state index >= 15 is 0 Å². The first kappa shape index (κ1) is 14.3. The molecule has 0 spiro atoms. The molecule has 0 N–H and O–H groups in total. The molecule has 0 bridgehead atoms. The number of esters is 1. The van der Waals surface area contributed by atoms with Crippen LogP contribution in [0.3, 0.4) is 0 Å². The third-order valence-corrected chi connectivity index (χ3v) is 4.49. The molecule has 114 valence electrons. The van der Waals surface area contributed by atoms with E-state index in [0.717, 1.165) is 18.9 Å². The van der Waals surface area contributed by atoms with Gasteiger partial charge >= 0.3 is 5.97 Å². The van der Waals surface area contributed by atoms with Gasteiger partial charge in [-0.2, -0.15) is 0 Å². The molecule has 0 saturated carbocycles. The Labute approximate surface area is 125 Å². The second-order valence-electron chi connectivity index (χ2n) is 5.92. The van der Waals surface area contributed by atoms with Crippen molar-refractivity contribution in [2.75, 3.05) is 31.1 Å². The average Bonchev–Trinajstić information content (AvgIpc) is 2.94. The van der Waals surface area contributed by atoms with Crippen LogP contribution in [-0.4, -0.2) is 54.2 Å². The third-order valence-electron chi connectivity index (χ3n) is 4.49. The Morgan fingerprint density at radius 1 is 1.43 bits per heavy atom. The third kappa shape index (κ3) is 2.88. The number of carbonyl (C=O) groups is 1. The van der Waals surface area contributed by atoms with Crippen LogP contribution in [0.15, 0.2) is 18.3 Å². The fraction of sp³-hybridized carbons (Fsp3) is 0.625. The van der Waals surface area contributed by atoms with Gasteiger partial charge in [-0.1, -0.05) is 0 Å². The summed E-state index contributed by atoms with van der Waals surface area (Å²) in [4.78, 5) is 21.1. The Hall–Kier alpha value is -1.62. The molecule has 5 nitrogen and oxygen atoms in total. The highest BCUT2D eigenvalue weighted by Crippen LogP contribution is 2.27. The average molecular weight is 289 g/mol. The summed E-state index contributed by atoms with van der Waals surface area (Å²) in [6, 6.07) is 4.87. The largest absolute Gasteiger partial charge is 0.462 e. The summed E-state index contributed by atoms with van der Waals surface area (Å²) in [7, 11) is 0. The van der Waals surface area contributed by atoms with Crippen LogP contribution in [0, 0.1) is 0 Å². The summed E-state index contributed by atoms with van der Waals surface area (Å²) in [5, 5.41) is 0. The Bertz CT molecular complexity index is 503. The van der Waals surface area contributed by atoms with Crippen LogP contribution < -0.4 is 4.90 Å². The number of fused-ring (bicyclic) bond motifs is 1. The van der Waals surface area contributed by atoms with Gasteiger partial charge < -0.3 is 9.64 Å². The molecule has 0 amide bonds. The van der Waals surface area contributed by atoms with E-state index in [4.69, 9.17) is 4.74 Å². The van der Waals surface area contributed by atoms with Gasteiger partial charge in [0.25, 0.3) is 0 Å². The maximum atomic E-state index is 11.7. The van der Waals surface area contributed by atoms with Crippen LogP contribution >= 0.6 is 0 Å². The van der Waals surface area contributed by atoms with E-state index in [9.17, 15) is 4.79 Å². The van der Waals surface area contributed by atoms with Gasteiger partial charge in [0, 0.05) is 31.4 Å². The number of piperazine rings is 1. The van der Waals surface area contributed by atoms with Crippen molar-refractivity contribution >= 4 is 11.8 Å². The van der Waals surface area contributed by atoms with Crippen molar-refractivity contribution in [1.82, 2.24) is 9.88 Å². The van der Waals surface area contributed by atoms with Crippen molar-refractivity contribution in [3.63, 3.8) is 0 Å². The smallest absolute Gasteiger partial charge is 0.339 e. The quantitative estimate of drug-likeness (QED) is 0.796. The van der Waals surface area contributed by atoms with E-state index in [1.54, 1.807) is 6.20 Å². The van der Waals surface area contributed by atoms with Gasteiger partial charge in [0.05, 0.1) is 12.2 Å². The number of anilines is 1. The van der Waals surface area contributed by atoms with Crippen LogP contribution in [0.25, 0.3) is 0 Å². The molecule has 1 aromatic rings. The van der Waals surface area contributed by atoms with Gasteiger partial charge in [-0.25, -0.2) is 9.78 Å². The Kier molecular flexibility index (Phi) is 4.10. The van der Waals surface area contributed by atoms with Crippen LogP contribution in [-0.2, 0) is 4.74 Å². The standard InChI is InChI=1S/C16H23N3O2/c1-3-21-16(20)13-6-7-15(17-9-13)19-11-14-5-4-8-18(14)10-12(19)2/h6-7,9,12,14H,3-5,8,10-11H2,1-2H3. The summed E-state index contributed by atoms with van der Waals surface area (Å²) >= 11 is 0. The number of hydrogen-bond acceptors (Lipinski definition) is 5. The molecular weight excluding hydrogens is 266 g/mol. The van der Waals surface area contributed by atoms with Crippen LogP contribution in [0.1, 0.15) is 37.0 Å². The fourth-order valence-corrected chi connectivity index (χ4v) is 3.40. The monoisotopic (exact) mass is 289 g/mol. The van der Waals surface area contributed by atoms with Crippen LogP contribution in [0.4, 0.5) is 5.82 Å². The minimum absolute atomic E-state index is 0.301. The molecule has 2 atom stereocenters. The number of carbonyl (C=O) groups excluding carboxylic acids is 1. The zero-order valence-electron chi connectivity index (χ0n) is 12.8. The zero-order chi connectivity index (χ0) is 14.8. The Balaban J connectivity index is 1.72. The molecule has 2 fully saturated rings. The summed E-state index contributed by atoms with van der Waals surface area (Å²) in [6.45, 7) is 7.82. The van der Waals surface area contributed by atoms with E-state index in [0.29, 0.717) is 24.3 Å². The van der Waals surface area contributed by atoms with Gasteiger partial charge in [-0.3, -0.25) is 4.90 Å². The number of ether oxygens (including phenoxy) is 1. The second kappa shape index (κ2) is 6.02. The first-order valence-corrected chi connectivity index (χ1v) is 7.83. The normalized spacial score (nSPS) is 25.7. The summed E-state index contributed by atoms with van der Waals surface area (Å²) in [5.74, 6) is 0.660. The minimum Gasteiger partial charge on any atom is -0.462 e. The Morgan fingerprint density at radius 3 is 3.00 bits per heavy atom. The molecular formula is C16H23N3O2. The maximum absolute atomic E-state index is 11.7. The summed E-state index contributed by atoms with van der Waals surface area (Å²) in [6.07, 6.45) is 4.21. The molecule has 5 heteroatoms. The number of pyridine rings is 1. The molecule has 2 unspecified atom stereocenters. The fourth-order valence-electron chi connectivity index (χ4n) is 3.40. The van der Waals surface area contributed by atoms with Gasteiger partial charge in [0.2, 0.25) is 0 Å². The highest BCUT2D eigenvalue weighted by atomic mass is 16.5. The van der Waals surface area contributed by atoms with Crippen molar-refractivity contribution in [2.45, 2.75) is 38.8 Å². The molecule has 3 heterocycles. The van der Waals surface area contributed by atoms with Gasteiger partial charge in [0.1, 0.15) is 5.82 Å². The van der Waals surface area contributed by atoms with E-state index < -0.39 is 0 Å². The molecule has 3 rings (SSSR count). The molecule has 0 aromatic carbocycles. The lowest BCUT2D eigenvalue weighted by Gasteiger charge is -2.43. The topological polar surface area (TPSA) is 45.7 Å². The van der Waals surface area contributed by atoms with Crippen molar-refractivity contribution in [1.29, 1.82) is 0 Å². The van der Waals surface area contributed by atoms with Crippen molar-refractivity contribution in [3.8, 4) is 0 Å². The lowest BCUT2D eigenvalue weighted by atomic mass is 10.1. The molecule has 2 saturated heterocycles. The number of rotatable bonds is 3. The van der Waals surface area contributed by atoms with Crippen molar-refractivity contribution in [2.24, 2.45) is 0 Å². The summed E-state index contributed by atoms with van der Waals surface area (Å²) in [5.41, 5.74) is 0.521. The zero-order valence-corrected chi connectivity index (χ0v) is 12.8. The lowest BCUT2D eigenvalue weighted by molar-refractivity contribution is 0.0526. The van der Waals surface area contributed by atoms with E-state index in [1.807, 2.05) is 19.1 Å². The molecule has 1 aromatic heterocycles. The highest BCUT2D eigenvalue weighted by Gasteiger charge is 2.34. The lowest BCUT2D eigenvalue weighted by Crippen LogP contribution is -2.55. The van der Waals surface area contributed by atoms with E-state index in [2.05, 4.69) is 21.7 Å². The Morgan fingerprint density at radius 2 is 2.29 bits per heavy atom. The van der Waals surface area contributed by atoms with E-state index in [1.165, 1.54) is 19.4 Å². The van der Waals surface area contributed by atoms with Gasteiger partial charge in [-0.05, 0) is 45.4 Å². The maximum Gasteiger partial charge on any atom is 0.339 e. The number of nitrogens with zero attached hydrogens (tertiary/aromatic N) is 3. The van der Waals surface area contributed by atoms with Crippen molar-refractivity contribution < 1.29 is 9.53 Å². The molecule has 0 radical (unpaired) electrons. The predicted molar refractivity (Wildman–Crippen MR) is 81.6 cm³/mol. The second-order valence-corrected chi connectivity index (χ2v) is 5.92. The van der Waals surface area contributed by atoms with Gasteiger partial charge in [-0.15, -0.1) is 0 Å². The van der Waals surface area contributed by atoms with Gasteiger partial charge in [0.15, 0.2) is 0 Å². The van der Waals surface area contributed by atoms with Crippen molar-refractivity contribution in [3.05, 3.63) is 23.9 Å². The molecule has 2 aliphatic rings. The van der Waals surface area contributed by atoms with Crippen LogP contribution in [0.2, 0.25) is 0 Å². The molecule has 21 heavy (non-hydrogen) atoms. The SMILES string of the molecule is CCOC(=O)c1ccc(N2CC3CCCN3CC2C)nc1. The molecule has 2 aliphatic heterocycles. The van der Waals surface area contributed by atoms with E-state index in [-0.39, 0.29) is 5.97 Å². The number of hydrogen-bond donors (Lipinski definition) is 0.